The van der Waals surface area contributed by atoms with Crippen LogP contribution in [0.2, 0.25) is 0 Å². The Bertz CT molecular complexity index is 56.5. The number of hydrogen-bond donors (Lipinski definition) is 0. The van der Waals surface area contributed by atoms with E-state index in [2.05, 4.69) is 0 Å². The summed E-state index contributed by atoms with van der Waals surface area (Å²) in [7, 11) is 3.26. The molecular formula is C4H14O5Si. The van der Waals surface area contributed by atoms with Crippen LogP contribution in [0.4, 0.5) is 0 Å². The highest BCUT2D eigenvalue weighted by atomic mass is 28.4. The largest absolute Gasteiger partial charge is 0.678 e. The lowest BCUT2D eigenvalue weighted by atomic mass is 11.8. The maximum absolute atomic E-state index is 4.86. The smallest absolute Gasteiger partial charge is 0.412 e. The van der Waals surface area contributed by atoms with Gasteiger partial charge in [-0.3, -0.25) is 0 Å². The van der Waals surface area contributed by atoms with E-state index in [9.17, 15) is 0 Å². The maximum Gasteiger partial charge on any atom is 0.678 e. The first-order valence-electron chi connectivity index (χ1n) is 2.45. The van der Waals surface area contributed by atoms with Gasteiger partial charge in [0.2, 0.25) is 0 Å². The van der Waals surface area contributed by atoms with Gasteiger partial charge in [0.05, 0.1) is 0 Å². The molecule has 0 aromatic carbocycles. The van der Waals surface area contributed by atoms with Gasteiger partial charge in [0.25, 0.3) is 0 Å². The summed E-state index contributed by atoms with van der Waals surface area (Å²) >= 11 is 0. The molecule has 0 atom stereocenters. The summed E-state index contributed by atoms with van der Waals surface area (Å²) in [6, 6.07) is 0. The van der Waals surface area contributed by atoms with Crippen molar-refractivity contribution in [3.8, 4) is 0 Å². The van der Waals surface area contributed by atoms with Crippen LogP contribution in [0, 0.1) is 0 Å². The van der Waals surface area contributed by atoms with Crippen molar-refractivity contribution in [2.24, 2.45) is 0 Å². The van der Waals surface area contributed by atoms with Gasteiger partial charge >= 0.3 is 9.05 Å². The zero-order chi connectivity index (χ0) is 7.33. The molecule has 0 spiro atoms. The van der Waals surface area contributed by atoms with Gasteiger partial charge in [-0.15, -0.1) is 0 Å². The van der Waals surface area contributed by atoms with Crippen molar-refractivity contribution >= 4 is 9.05 Å². The average molecular weight is 170 g/mol. The summed E-state index contributed by atoms with van der Waals surface area (Å²) in [6.45, 7) is 0. The molecule has 0 heterocycles. The van der Waals surface area contributed by atoms with Crippen LogP contribution in [-0.4, -0.2) is 43.0 Å². The predicted octanol–water partition coefficient (Wildman–Crippen LogP) is -0.817. The lowest BCUT2D eigenvalue weighted by Gasteiger charge is -2.19. The Hall–Kier alpha value is 0.0169. The third-order valence-electron chi connectivity index (χ3n) is 1.00. The summed E-state index contributed by atoms with van der Waals surface area (Å²) < 4.78 is 19.4. The molecule has 10 heavy (non-hydrogen) atoms. The number of rotatable bonds is 4. The molecule has 6 heteroatoms. The molecule has 2 N–H and O–H groups in total. The van der Waals surface area contributed by atoms with Crippen LogP contribution < -0.4 is 0 Å². The number of hydrogen-bond acceptors (Lipinski definition) is 4. The van der Waals surface area contributed by atoms with Gasteiger partial charge in [0.15, 0.2) is 0 Å². The van der Waals surface area contributed by atoms with E-state index in [0.29, 0.717) is 0 Å². The first-order chi connectivity index (χ1) is 4.24. The molecule has 0 radical (unpaired) electrons. The van der Waals surface area contributed by atoms with Crippen molar-refractivity contribution in [1.29, 1.82) is 0 Å². The molecule has 0 aliphatic heterocycles. The molecule has 0 aromatic heterocycles. The van der Waals surface area contributed by atoms with Crippen molar-refractivity contribution in [3.63, 3.8) is 0 Å². The van der Waals surface area contributed by atoms with Crippen molar-refractivity contribution < 1.29 is 23.2 Å². The fourth-order valence-corrected chi connectivity index (χ4v) is 1.50. The predicted molar refractivity (Wildman–Crippen MR) is 37.4 cm³/mol. The first-order valence-corrected chi connectivity index (χ1v) is 4.08. The molecule has 0 aromatic rings. The quantitative estimate of drug-likeness (QED) is 0.517. The Labute approximate surface area is 61.6 Å². The molecule has 0 amide bonds. The summed E-state index contributed by atoms with van der Waals surface area (Å²) in [4.78, 5) is 0. The molecule has 0 saturated carbocycles. The summed E-state index contributed by atoms with van der Waals surface area (Å²) in [5.74, 6) is 0. The van der Waals surface area contributed by atoms with E-state index < -0.39 is 9.05 Å². The van der Waals surface area contributed by atoms with Crippen LogP contribution in [0.15, 0.2) is 0 Å². The Balaban J connectivity index is 0. The van der Waals surface area contributed by atoms with E-state index in [4.69, 9.17) is 17.7 Å². The van der Waals surface area contributed by atoms with Gasteiger partial charge in [0.1, 0.15) is 0 Å². The Morgan fingerprint density at radius 2 is 0.900 bits per heavy atom. The molecule has 0 fully saturated rings. The van der Waals surface area contributed by atoms with Gasteiger partial charge in [-0.25, -0.2) is 0 Å². The monoisotopic (exact) mass is 170 g/mol. The SMILES string of the molecule is CO[Si](OC)(OC)OC.O. The van der Waals surface area contributed by atoms with Crippen LogP contribution in [0.3, 0.4) is 0 Å². The van der Waals surface area contributed by atoms with Crippen molar-refractivity contribution in [3.05, 3.63) is 0 Å². The lowest BCUT2D eigenvalue weighted by molar-refractivity contribution is 0.0226. The molecule has 0 bridgehead atoms. The molecule has 64 valence electrons. The first kappa shape index (κ1) is 12.7. The van der Waals surface area contributed by atoms with Crippen molar-refractivity contribution in [2.75, 3.05) is 28.4 Å². The van der Waals surface area contributed by atoms with E-state index >= 15 is 0 Å². The summed E-state index contributed by atoms with van der Waals surface area (Å²) in [5, 5.41) is 0. The van der Waals surface area contributed by atoms with E-state index in [-0.39, 0.29) is 5.48 Å². The van der Waals surface area contributed by atoms with Gasteiger partial charge in [0, 0.05) is 28.4 Å². The van der Waals surface area contributed by atoms with Gasteiger partial charge in [-0.2, -0.15) is 0 Å². The van der Waals surface area contributed by atoms with Crippen LogP contribution in [-0.2, 0) is 17.7 Å². The highest BCUT2D eigenvalue weighted by Gasteiger charge is 2.40. The second-order valence-electron chi connectivity index (χ2n) is 1.32. The Kier molecular flexibility index (Phi) is 7.32. The van der Waals surface area contributed by atoms with E-state index in [1.54, 1.807) is 0 Å². The van der Waals surface area contributed by atoms with Crippen LogP contribution >= 0.6 is 0 Å². The molecule has 5 nitrogen and oxygen atoms in total. The molecule has 0 saturated heterocycles. The molecule has 0 rings (SSSR count). The maximum atomic E-state index is 4.86. The van der Waals surface area contributed by atoms with Crippen LogP contribution in [0.25, 0.3) is 0 Å². The van der Waals surface area contributed by atoms with Gasteiger partial charge in [-0.05, 0) is 0 Å². The van der Waals surface area contributed by atoms with E-state index in [0.717, 1.165) is 0 Å². The molecule has 0 aliphatic rings. The molecule has 0 unspecified atom stereocenters. The Morgan fingerprint density at radius 3 is 0.900 bits per heavy atom. The Morgan fingerprint density at radius 1 is 0.700 bits per heavy atom. The topological polar surface area (TPSA) is 68.4 Å². The highest BCUT2D eigenvalue weighted by Crippen LogP contribution is 2.04. The minimum Gasteiger partial charge on any atom is -0.412 e. The third-order valence-corrected chi connectivity index (χ3v) is 3.00. The zero-order valence-electron chi connectivity index (χ0n) is 6.63. The van der Waals surface area contributed by atoms with Crippen LogP contribution in [0.5, 0.6) is 0 Å². The fraction of sp³-hybridized carbons (Fsp3) is 1.00. The fourth-order valence-electron chi connectivity index (χ4n) is 0.500. The summed E-state index contributed by atoms with van der Waals surface area (Å²) in [5.41, 5.74) is 0. The standard InChI is InChI=1S/C4H12O4Si.H2O/c1-5-9(6-2,7-3)8-4;/h1-4H3;1H2. The molecule has 0 aliphatic carbocycles. The lowest BCUT2D eigenvalue weighted by Crippen LogP contribution is -2.45. The van der Waals surface area contributed by atoms with Gasteiger partial charge in [-0.1, -0.05) is 0 Å². The van der Waals surface area contributed by atoms with E-state index in [1.807, 2.05) is 0 Å². The van der Waals surface area contributed by atoms with E-state index in [1.165, 1.54) is 28.4 Å². The van der Waals surface area contributed by atoms with Gasteiger partial charge < -0.3 is 23.2 Å². The minimum absolute atomic E-state index is 0. The third kappa shape index (κ3) is 2.73. The highest BCUT2D eigenvalue weighted by molar-refractivity contribution is 6.53. The van der Waals surface area contributed by atoms with Crippen molar-refractivity contribution in [1.82, 2.24) is 0 Å². The normalized spacial score (nSPS) is 10.8. The minimum atomic E-state index is -2.69. The second-order valence-corrected chi connectivity index (χ2v) is 3.95. The van der Waals surface area contributed by atoms with Crippen LogP contribution in [0.1, 0.15) is 0 Å². The average Bonchev–Trinajstić information content (AvgIpc) is 1.95. The van der Waals surface area contributed by atoms with Crippen molar-refractivity contribution in [2.45, 2.75) is 0 Å². The second kappa shape index (κ2) is 5.78. The summed E-state index contributed by atoms with van der Waals surface area (Å²) in [6.07, 6.45) is 0. The molecular weight excluding hydrogens is 156 g/mol. The zero-order valence-corrected chi connectivity index (χ0v) is 7.63.